The normalized spacial score (nSPS) is 23.9. The van der Waals surface area contributed by atoms with E-state index in [1.54, 1.807) is 0 Å². The maximum absolute atomic E-state index is 12.7. The molecule has 21 heavy (non-hydrogen) atoms. The van der Waals surface area contributed by atoms with Gasteiger partial charge in [-0.2, -0.15) is 0 Å². The lowest BCUT2D eigenvalue weighted by Gasteiger charge is -2.33. The molecule has 1 heterocycles. The van der Waals surface area contributed by atoms with E-state index in [0.717, 1.165) is 19.3 Å². The molecule has 1 saturated heterocycles. The quantitative estimate of drug-likeness (QED) is 0.872. The summed E-state index contributed by atoms with van der Waals surface area (Å²) in [6, 6.07) is 10.7. The summed E-state index contributed by atoms with van der Waals surface area (Å²) in [6.07, 6.45) is 2.98. The van der Waals surface area contributed by atoms with Gasteiger partial charge in [0.1, 0.15) is 0 Å². The number of nitrogens with zero attached hydrogens (tertiary/aromatic N) is 1. The fraction of sp³-hybridized carbons (Fsp3) is 0.611. The molecule has 0 spiro atoms. The molecule has 3 nitrogen and oxygen atoms in total. The maximum atomic E-state index is 12.7. The Kier molecular flexibility index (Phi) is 5.40. The van der Waals surface area contributed by atoms with E-state index in [2.05, 4.69) is 62.2 Å². The Morgan fingerprint density at radius 3 is 2.48 bits per heavy atom. The molecular formula is C18H28N2O. The second-order valence-electron chi connectivity index (χ2n) is 6.38. The number of aryl methyl sites for hydroxylation is 1. The SMILES string of the molecule is CCC(C(C)C)N1C(=O)C(CCc2ccccc2)NC1C. The molecule has 1 amide bonds. The second kappa shape index (κ2) is 7.08. The first-order valence-corrected chi connectivity index (χ1v) is 8.16. The van der Waals surface area contributed by atoms with Crippen LogP contribution in [-0.4, -0.2) is 29.1 Å². The number of rotatable bonds is 6. The molecule has 1 aliphatic heterocycles. The molecule has 1 aromatic rings. The Balaban J connectivity index is 1.99. The van der Waals surface area contributed by atoms with Crippen LogP contribution in [-0.2, 0) is 11.2 Å². The molecule has 116 valence electrons. The molecule has 0 aromatic heterocycles. The van der Waals surface area contributed by atoms with Crippen molar-refractivity contribution < 1.29 is 4.79 Å². The van der Waals surface area contributed by atoms with Crippen molar-refractivity contribution in [2.24, 2.45) is 5.92 Å². The number of nitrogens with one attached hydrogen (secondary N) is 1. The summed E-state index contributed by atoms with van der Waals surface area (Å²) in [6.45, 7) is 8.67. The summed E-state index contributed by atoms with van der Waals surface area (Å²) >= 11 is 0. The fourth-order valence-electron chi connectivity index (χ4n) is 3.42. The van der Waals surface area contributed by atoms with Crippen molar-refractivity contribution in [3.05, 3.63) is 35.9 Å². The lowest BCUT2D eigenvalue weighted by Crippen LogP contribution is -2.45. The molecule has 1 aromatic carbocycles. The third kappa shape index (κ3) is 3.65. The lowest BCUT2D eigenvalue weighted by atomic mass is 9.99. The van der Waals surface area contributed by atoms with Gasteiger partial charge >= 0.3 is 0 Å². The predicted molar refractivity (Wildman–Crippen MR) is 86.9 cm³/mol. The zero-order chi connectivity index (χ0) is 15.4. The first kappa shape index (κ1) is 16.0. The smallest absolute Gasteiger partial charge is 0.241 e. The predicted octanol–water partition coefficient (Wildman–Crippen LogP) is 3.20. The average Bonchev–Trinajstić information content (AvgIpc) is 2.74. The standard InChI is InChI=1S/C18H28N2O/c1-5-17(13(2)3)20-14(4)19-16(18(20)21)12-11-15-9-7-6-8-10-15/h6-10,13-14,16-17,19H,5,11-12H2,1-4H3. The van der Waals surface area contributed by atoms with Crippen molar-refractivity contribution in [2.45, 2.75) is 65.2 Å². The number of hydrogen-bond acceptors (Lipinski definition) is 2. The van der Waals surface area contributed by atoms with Crippen LogP contribution in [0.1, 0.15) is 46.1 Å². The van der Waals surface area contributed by atoms with Gasteiger partial charge in [0, 0.05) is 6.04 Å². The van der Waals surface area contributed by atoms with Crippen LogP contribution < -0.4 is 5.32 Å². The topological polar surface area (TPSA) is 32.3 Å². The van der Waals surface area contributed by atoms with Crippen molar-refractivity contribution >= 4 is 5.91 Å². The molecule has 3 heteroatoms. The molecule has 1 aliphatic rings. The van der Waals surface area contributed by atoms with Crippen molar-refractivity contribution in [2.75, 3.05) is 0 Å². The summed E-state index contributed by atoms with van der Waals surface area (Å²) in [7, 11) is 0. The van der Waals surface area contributed by atoms with Crippen molar-refractivity contribution in [3.63, 3.8) is 0 Å². The summed E-state index contributed by atoms with van der Waals surface area (Å²) in [5.41, 5.74) is 1.30. The molecule has 0 radical (unpaired) electrons. The number of hydrogen-bond donors (Lipinski definition) is 1. The van der Waals surface area contributed by atoms with Crippen LogP contribution in [0.2, 0.25) is 0 Å². The molecule has 0 bridgehead atoms. The minimum Gasteiger partial charge on any atom is -0.323 e. The average molecular weight is 288 g/mol. The van der Waals surface area contributed by atoms with E-state index in [1.165, 1.54) is 5.56 Å². The van der Waals surface area contributed by atoms with Crippen molar-refractivity contribution in [1.29, 1.82) is 0 Å². The Bertz CT molecular complexity index is 458. The van der Waals surface area contributed by atoms with Gasteiger partial charge in [0.05, 0.1) is 12.2 Å². The highest BCUT2D eigenvalue weighted by molar-refractivity contribution is 5.84. The van der Waals surface area contributed by atoms with Crippen LogP contribution in [0.15, 0.2) is 30.3 Å². The molecule has 1 N–H and O–H groups in total. The van der Waals surface area contributed by atoms with E-state index >= 15 is 0 Å². The molecule has 3 unspecified atom stereocenters. The fourth-order valence-corrected chi connectivity index (χ4v) is 3.42. The lowest BCUT2D eigenvalue weighted by molar-refractivity contribution is -0.133. The zero-order valence-corrected chi connectivity index (χ0v) is 13.7. The highest BCUT2D eigenvalue weighted by Gasteiger charge is 2.40. The van der Waals surface area contributed by atoms with Gasteiger partial charge in [-0.25, -0.2) is 0 Å². The van der Waals surface area contributed by atoms with Gasteiger partial charge < -0.3 is 4.90 Å². The van der Waals surface area contributed by atoms with Gasteiger partial charge in [0.2, 0.25) is 5.91 Å². The Morgan fingerprint density at radius 1 is 1.24 bits per heavy atom. The number of benzene rings is 1. The first-order chi connectivity index (χ1) is 10.0. The highest BCUT2D eigenvalue weighted by atomic mass is 16.2. The monoisotopic (exact) mass is 288 g/mol. The first-order valence-electron chi connectivity index (χ1n) is 8.16. The van der Waals surface area contributed by atoms with Crippen LogP contribution in [0.4, 0.5) is 0 Å². The Morgan fingerprint density at radius 2 is 1.90 bits per heavy atom. The van der Waals surface area contributed by atoms with Crippen LogP contribution in [0.25, 0.3) is 0 Å². The highest BCUT2D eigenvalue weighted by Crippen LogP contribution is 2.23. The van der Waals surface area contributed by atoms with Gasteiger partial charge in [-0.05, 0) is 37.7 Å². The van der Waals surface area contributed by atoms with E-state index in [1.807, 2.05) is 6.07 Å². The minimum absolute atomic E-state index is 0.0343. The van der Waals surface area contributed by atoms with Gasteiger partial charge in [-0.15, -0.1) is 0 Å². The molecule has 0 aliphatic carbocycles. The van der Waals surface area contributed by atoms with Crippen molar-refractivity contribution in [1.82, 2.24) is 10.2 Å². The van der Waals surface area contributed by atoms with Crippen LogP contribution in [0, 0.1) is 5.92 Å². The minimum atomic E-state index is -0.0343. The van der Waals surface area contributed by atoms with Gasteiger partial charge in [0.25, 0.3) is 0 Å². The molecule has 1 fully saturated rings. The number of carbonyl (C=O) groups is 1. The van der Waals surface area contributed by atoms with Gasteiger partial charge in [-0.1, -0.05) is 51.1 Å². The summed E-state index contributed by atoms with van der Waals surface area (Å²) in [5, 5.41) is 3.47. The third-order valence-electron chi connectivity index (χ3n) is 4.52. The third-order valence-corrected chi connectivity index (χ3v) is 4.52. The molecule has 2 rings (SSSR count). The van der Waals surface area contributed by atoms with Crippen molar-refractivity contribution in [3.8, 4) is 0 Å². The summed E-state index contributed by atoms with van der Waals surface area (Å²) in [4.78, 5) is 14.8. The number of carbonyl (C=O) groups excluding carboxylic acids is 1. The molecule has 0 saturated carbocycles. The Labute approximate surface area is 128 Å². The van der Waals surface area contributed by atoms with Gasteiger partial charge in [-0.3, -0.25) is 10.1 Å². The van der Waals surface area contributed by atoms with E-state index in [0.29, 0.717) is 12.0 Å². The van der Waals surface area contributed by atoms with Crippen LogP contribution in [0.3, 0.4) is 0 Å². The second-order valence-corrected chi connectivity index (χ2v) is 6.38. The maximum Gasteiger partial charge on any atom is 0.241 e. The zero-order valence-electron chi connectivity index (χ0n) is 13.7. The van der Waals surface area contributed by atoms with E-state index in [-0.39, 0.29) is 18.1 Å². The molecule has 3 atom stereocenters. The molecular weight excluding hydrogens is 260 g/mol. The number of amides is 1. The van der Waals surface area contributed by atoms with Gasteiger partial charge in [0.15, 0.2) is 0 Å². The Hall–Kier alpha value is -1.35. The van der Waals surface area contributed by atoms with E-state index in [4.69, 9.17) is 0 Å². The largest absolute Gasteiger partial charge is 0.323 e. The van der Waals surface area contributed by atoms with Crippen LogP contribution >= 0.6 is 0 Å². The van der Waals surface area contributed by atoms with E-state index < -0.39 is 0 Å². The van der Waals surface area contributed by atoms with E-state index in [9.17, 15) is 4.79 Å². The van der Waals surface area contributed by atoms with Crippen LogP contribution in [0.5, 0.6) is 0 Å². The summed E-state index contributed by atoms with van der Waals surface area (Å²) < 4.78 is 0. The summed E-state index contributed by atoms with van der Waals surface area (Å²) in [5.74, 6) is 0.773.